The molecule has 4 nitrogen and oxygen atoms in total. The molecule has 1 N–H and O–H groups in total. The molecular formula is C14H10ClFN4S. The zero-order valence-corrected chi connectivity index (χ0v) is 12.5. The van der Waals surface area contributed by atoms with E-state index in [-0.39, 0.29) is 5.02 Å². The van der Waals surface area contributed by atoms with Gasteiger partial charge in [-0.15, -0.1) is 0 Å². The normalized spacial score (nSPS) is 10.8. The van der Waals surface area contributed by atoms with Crippen LogP contribution in [0.3, 0.4) is 0 Å². The molecule has 0 fully saturated rings. The van der Waals surface area contributed by atoms with Gasteiger partial charge in [0.1, 0.15) is 16.3 Å². The Morgan fingerprint density at radius 3 is 2.76 bits per heavy atom. The number of benzene rings is 1. The number of H-pyrrole nitrogens is 1. The Labute approximate surface area is 130 Å². The van der Waals surface area contributed by atoms with Gasteiger partial charge in [0.2, 0.25) is 0 Å². The van der Waals surface area contributed by atoms with E-state index in [0.29, 0.717) is 16.0 Å². The first-order chi connectivity index (χ1) is 10.0. The third-order valence-corrected chi connectivity index (χ3v) is 3.45. The topological polar surface area (TPSA) is 46.5 Å². The molecule has 3 aromatic rings. The van der Waals surface area contributed by atoms with Crippen molar-refractivity contribution in [2.24, 2.45) is 7.05 Å². The van der Waals surface area contributed by atoms with E-state index in [2.05, 4.69) is 15.1 Å². The van der Waals surface area contributed by atoms with Crippen LogP contribution in [0.4, 0.5) is 4.39 Å². The van der Waals surface area contributed by atoms with E-state index >= 15 is 0 Å². The van der Waals surface area contributed by atoms with Gasteiger partial charge in [-0.3, -0.25) is 4.68 Å². The summed E-state index contributed by atoms with van der Waals surface area (Å²) in [6.07, 6.45) is 3.59. The summed E-state index contributed by atoms with van der Waals surface area (Å²) in [6, 6.07) is 6.16. The molecule has 0 atom stereocenters. The van der Waals surface area contributed by atoms with Gasteiger partial charge in [0.25, 0.3) is 0 Å². The number of nitrogens with zero attached hydrogens (tertiary/aromatic N) is 3. The maximum atomic E-state index is 13.2. The molecule has 7 heteroatoms. The van der Waals surface area contributed by atoms with Crippen LogP contribution in [-0.4, -0.2) is 19.7 Å². The van der Waals surface area contributed by atoms with Crippen LogP contribution in [0.15, 0.2) is 36.7 Å². The summed E-state index contributed by atoms with van der Waals surface area (Å²) in [5.41, 5.74) is 2.34. The monoisotopic (exact) mass is 320 g/mol. The number of aromatic amines is 1. The highest BCUT2D eigenvalue weighted by atomic mass is 35.5. The Morgan fingerprint density at radius 2 is 2.10 bits per heavy atom. The van der Waals surface area contributed by atoms with E-state index in [4.69, 9.17) is 23.8 Å². The lowest BCUT2D eigenvalue weighted by Gasteiger charge is -2.05. The summed E-state index contributed by atoms with van der Waals surface area (Å²) in [5, 5.41) is 4.16. The van der Waals surface area contributed by atoms with Crippen molar-refractivity contribution >= 4 is 23.8 Å². The Kier molecular flexibility index (Phi) is 3.57. The average Bonchev–Trinajstić information content (AvgIpc) is 2.88. The smallest absolute Gasteiger partial charge is 0.141 e. The van der Waals surface area contributed by atoms with Crippen molar-refractivity contribution in [3.8, 4) is 22.6 Å². The second-order valence-electron chi connectivity index (χ2n) is 4.51. The molecule has 0 amide bonds. The fourth-order valence-corrected chi connectivity index (χ4v) is 2.34. The first kappa shape index (κ1) is 13.9. The Hall–Kier alpha value is -2.05. The SMILES string of the molecule is Cn1cc(-c2cc(=S)nc(-c3ccc(F)c(Cl)c3)[nH]2)cn1. The van der Waals surface area contributed by atoms with Crippen LogP contribution >= 0.6 is 23.8 Å². The largest absolute Gasteiger partial charge is 0.339 e. The summed E-state index contributed by atoms with van der Waals surface area (Å²) < 4.78 is 15.4. The summed E-state index contributed by atoms with van der Waals surface area (Å²) >= 11 is 11.0. The molecular weight excluding hydrogens is 311 g/mol. The molecule has 3 rings (SSSR count). The molecule has 0 aliphatic heterocycles. The molecule has 0 aliphatic carbocycles. The third-order valence-electron chi connectivity index (χ3n) is 2.95. The second kappa shape index (κ2) is 5.38. The van der Waals surface area contributed by atoms with Gasteiger partial charge >= 0.3 is 0 Å². The van der Waals surface area contributed by atoms with Crippen molar-refractivity contribution in [2.75, 3.05) is 0 Å². The van der Waals surface area contributed by atoms with Gasteiger partial charge in [-0.25, -0.2) is 9.37 Å². The number of rotatable bonds is 2. The third kappa shape index (κ3) is 2.86. The van der Waals surface area contributed by atoms with Crippen molar-refractivity contribution in [3.63, 3.8) is 0 Å². The molecule has 0 unspecified atom stereocenters. The Morgan fingerprint density at radius 1 is 1.29 bits per heavy atom. The van der Waals surface area contributed by atoms with Crippen LogP contribution in [-0.2, 0) is 7.05 Å². The fourth-order valence-electron chi connectivity index (χ4n) is 1.95. The predicted molar refractivity (Wildman–Crippen MR) is 82.0 cm³/mol. The quantitative estimate of drug-likeness (QED) is 0.726. The van der Waals surface area contributed by atoms with Crippen LogP contribution < -0.4 is 0 Å². The lowest BCUT2D eigenvalue weighted by atomic mass is 10.2. The number of aryl methyl sites for hydroxylation is 1. The maximum absolute atomic E-state index is 13.2. The summed E-state index contributed by atoms with van der Waals surface area (Å²) in [5.74, 6) is 0.0608. The van der Waals surface area contributed by atoms with E-state index in [1.165, 1.54) is 12.1 Å². The highest BCUT2D eigenvalue weighted by Crippen LogP contribution is 2.24. The van der Waals surface area contributed by atoms with E-state index in [1.54, 1.807) is 23.0 Å². The molecule has 2 aromatic heterocycles. The number of nitrogens with one attached hydrogen (secondary N) is 1. The highest BCUT2D eigenvalue weighted by Gasteiger charge is 2.08. The van der Waals surface area contributed by atoms with E-state index in [9.17, 15) is 4.39 Å². The number of halogens is 2. The summed E-state index contributed by atoms with van der Waals surface area (Å²) in [6.45, 7) is 0. The van der Waals surface area contributed by atoms with Crippen LogP contribution in [0.2, 0.25) is 5.02 Å². The summed E-state index contributed by atoms with van der Waals surface area (Å²) in [7, 11) is 1.83. The zero-order valence-electron chi connectivity index (χ0n) is 11.0. The molecule has 0 bridgehead atoms. The van der Waals surface area contributed by atoms with Crippen molar-refractivity contribution in [1.29, 1.82) is 0 Å². The number of hydrogen-bond acceptors (Lipinski definition) is 3. The molecule has 0 saturated carbocycles. The van der Waals surface area contributed by atoms with Crippen LogP contribution in [0, 0.1) is 10.5 Å². The van der Waals surface area contributed by atoms with Gasteiger partial charge < -0.3 is 4.98 Å². The maximum Gasteiger partial charge on any atom is 0.141 e. The minimum absolute atomic E-state index is 0.0420. The lowest BCUT2D eigenvalue weighted by Crippen LogP contribution is -1.93. The predicted octanol–water partition coefficient (Wildman–Crippen LogP) is 4.00. The van der Waals surface area contributed by atoms with Gasteiger partial charge in [-0.1, -0.05) is 23.8 Å². The second-order valence-corrected chi connectivity index (χ2v) is 5.34. The zero-order chi connectivity index (χ0) is 15.0. The van der Waals surface area contributed by atoms with Crippen molar-refractivity contribution in [2.45, 2.75) is 0 Å². The van der Waals surface area contributed by atoms with Gasteiger partial charge in [0.15, 0.2) is 0 Å². The molecule has 0 spiro atoms. The molecule has 1 aromatic carbocycles. The fraction of sp³-hybridized carbons (Fsp3) is 0.0714. The van der Waals surface area contributed by atoms with E-state index in [1.807, 2.05) is 13.2 Å². The number of hydrogen-bond donors (Lipinski definition) is 1. The molecule has 21 heavy (non-hydrogen) atoms. The first-order valence-corrected chi connectivity index (χ1v) is 6.87. The Balaban J connectivity index is 2.13. The minimum Gasteiger partial charge on any atom is -0.339 e. The Bertz CT molecular complexity index is 871. The summed E-state index contributed by atoms with van der Waals surface area (Å²) in [4.78, 5) is 7.42. The minimum atomic E-state index is -0.470. The van der Waals surface area contributed by atoms with Crippen LogP contribution in [0.5, 0.6) is 0 Å². The van der Waals surface area contributed by atoms with Crippen LogP contribution in [0.25, 0.3) is 22.6 Å². The average molecular weight is 321 g/mol. The number of aromatic nitrogens is 4. The standard InChI is InChI=1S/C14H10ClFN4S/c1-20-7-9(6-17-20)12-5-13(21)19-14(18-12)8-2-3-11(16)10(15)4-8/h2-7H,1H3,(H,18,19,21). The van der Waals surface area contributed by atoms with Crippen LogP contribution in [0.1, 0.15) is 0 Å². The molecule has 106 valence electrons. The molecule has 0 radical (unpaired) electrons. The van der Waals surface area contributed by atoms with Gasteiger partial charge in [0.05, 0.1) is 16.9 Å². The van der Waals surface area contributed by atoms with Gasteiger partial charge in [-0.05, 0) is 24.3 Å². The highest BCUT2D eigenvalue weighted by molar-refractivity contribution is 7.71. The van der Waals surface area contributed by atoms with Gasteiger partial charge in [-0.2, -0.15) is 5.10 Å². The lowest BCUT2D eigenvalue weighted by molar-refractivity contribution is 0.628. The first-order valence-electron chi connectivity index (χ1n) is 6.09. The van der Waals surface area contributed by atoms with E-state index in [0.717, 1.165) is 11.3 Å². The van der Waals surface area contributed by atoms with Crippen molar-refractivity contribution in [3.05, 3.63) is 52.1 Å². The van der Waals surface area contributed by atoms with Gasteiger partial charge in [0, 0.05) is 24.4 Å². The molecule has 0 saturated heterocycles. The molecule has 2 heterocycles. The molecule has 0 aliphatic rings. The van der Waals surface area contributed by atoms with Crippen molar-refractivity contribution in [1.82, 2.24) is 19.7 Å². The van der Waals surface area contributed by atoms with E-state index < -0.39 is 5.82 Å². The van der Waals surface area contributed by atoms with Crippen molar-refractivity contribution < 1.29 is 4.39 Å².